The number of nitrogens with one attached hydrogen (secondary N) is 1. The molecule has 0 aliphatic rings. The molecule has 2 N–H and O–H groups in total. The zero-order chi connectivity index (χ0) is 15.1. The summed E-state index contributed by atoms with van der Waals surface area (Å²) in [6, 6.07) is 15.0. The minimum Gasteiger partial charge on any atom is -0.411 e. The number of nitrogens with zero attached hydrogens (tertiary/aromatic N) is 3. The molecule has 0 aliphatic carbocycles. The Morgan fingerprint density at radius 3 is 2.38 bits per heavy atom. The van der Waals surface area contributed by atoms with Crippen LogP contribution in [0.3, 0.4) is 0 Å². The van der Waals surface area contributed by atoms with Crippen molar-refractivity contribution < 1.29 is 10.1 Å². The number of nitro groups is 1. The van der Waals surface area contributed by atoms with Gasteiger partial charge >= 0.3 is 0 Å². The van der Waals surface area contributed by atoms with Crippen molar-refractivity contribution in [1.82, 2.24) is 0 Å². The van der Waals surface area contributed by atoms with Gasteiger partial charge in [-0.2, -0.15) is 5.10 Å². The maximum atomic E-state index is 10.6. The van der Waals surface area contributed by atoms with Gasteiger partial charge in [0.1, 0.15) is 5.71 Å². The summed E-state index contributed by atoms with van der Waals surface area (Å²) >= 11 is 0. The Bertz CT molecular complexity index is 666. The summed E-state index contributed by atoms with van der Waals surface area (Å²) in [6.45, 7) is 0. The molecular weight excluding hydrogens is 272 g/mol. The Balaban J connectivity index is 2.24. The largest absolute Gasteiger partial charge is 0.411 e. The summed E-state index contributed by atoms with van der Waals surface area (Å²) in [6.07, 6.45) is 1.15. The zero-order valence-corrected chi connectivity index (χ0v) is 10.9. The average Bonchev–Trinajstić information content (AvgIpc) is 2.52. The van der Waals surface area contributed by atoms with E-state index < -0.39 is 4.92 Å². The number of benzene rings is 2. The summed E-state index contributed by atoms with van der Waals surface area (Å²) in [5.74, 6) is 0. The molecule has 7 nitrogen and oxygen atoms in total. The van der Waals surface area contributed by atoms with Crippen LogP contribution >= 0.6 is 0 Å². The number of hydrogen-bond donors (Lipinski definition) is 2. The number of hydrazone groups is 1. The van der Waals surface area contributed by atoms with Crippen LogP contribution in [0.15, 0.2) is 64.9 Å². The second-order valence-corrected chi connectivity index (χ2v) is 4.02. The number of oxime groups is 1. The monoisotopic (exact) mass is 284 g/mol. The molecule has 0 fully saturated rings. The van der Waals surface area contributed by atoms with Crippen molar-refractivity contribution in [3.8, 4) is 0 Å². The average molecular weight is 284 g/mol. The summed E-state index contributed by atoms with van der Waals surface area (Å²) in [7, 11) is 0. The number of anilines is 1. The lowest BCUT2D eigenvalue weighted by Crippen LogP contribution is -2.06. The second kappa shape index (κ2) is 6.80. The Labute approximate surface area is 120 Å². The van der Waals surface area contributed by atoms with E-state index in [2.05, 4.69) is 15.7 Å². The third-order valence-corrected chi connectivity index (χ3v) is 2.63. The predicted octanol–water partition coefficient (Wildman–Crippen LogP) is 2.87. The molecule has 0 unspecified atom stereocenters. The van der Waals surface area contributed by atoms with Crippen molar-refractivity contribution >= 4 is 23.3 Å². The number of para-hydroxylation sites is 1. The van der Waals surface area contributed by atoms with Gasteiger partial charge in [0.15, 0.2) is 0 Å². The third-order valence-electron chi connectivity index (χ3n) is 2.63. The molecule has 0 aliphatic heterocycles. The Kier molecular flexibility index (Phi) is 4.60. The van der Waals surface area contributed by atoms with Crippen LogP contribution in [0.5, 0.6) is 0 Å². The lowest BCUT2D eigenvalue weighted by atomic mass is 10.1. The third kappa shape index (κ3) is 3.87. The topological polar surface area (TPSA) is 100 Å². The maximum absolute atomic E-state index is 10.6. The molecule has 0 atom stereocenters. The van der Waals surface area contributed by atoms with Gasteiger partial charge in [-0.1, -0.05) is 23.4 Å². The van der Waals surface area contributed by atoms with Gasteiger partial charge in [0, 0.05) is 17.7 Å². The van der Waals surface area contributed by atoms with Crippen LogP contribution in [0, 0.1) is 10.1 Å². The van der Waals surface area contributed by atoms with Crippen LogP contribution in [0.4, 0.5) is 11.4 Å². The van der Waals surface area contributed by atoms with Gasteiger partial charge < -0.3 is 5.21 Å². The van der Waals surface area contributed by atoms with Crippen molar-refractivity contribution in [2.24, 2.45) is 10.3 Å². The SMILES string of the molecule is O=[N+]([O-])c1ccc(C(/C=N/O)=N/Nc2ccccc2)cc1. The first-order chi connectivity index (χ1) is 10.2. The number of non-ortho nitro benzene ring substituents is 1. The summed E-state index contributed by atoms with van der Waals surface area (Å²) < 4.78 is 0. The van der Waals surface area contributed by atoms with Crippen LogP contribution in [-0.2, 0) is 0 Å². The molecular formula is C14H12N4O3. The van der Waals surface area contributed by atoms with Crippen LogP contribution in [0.25, 0.3) is 0 Å². The smallest absolute Gasteiger partial charge is 0.269 e. The Morgan fingerprint density at radius 1 is 1.14 bits per heavy atom. The fourth-order valence-electron chi connectivity index (χ4n) is 1.61. The van der Waals surface area contributed by atoms with Crippen LogP contribution in [-0.4, -0.2) is 22.1 Å². The van der Waals surface area contributed by atoms with Crippen molar-refractivity contribution in [3.05, 3.63) is 70.3 Å². The van der Waals surface area contributed by atoms with Gasteiger partial charge in [0.05, 0.1) is 16.8 Å². The van der Waals surface area contributed by atoms with E-state index in [4.69, 9.17) is 5.21 Å². The second-order valence-electron chi connectivity index (χ2n) is 4.02. The van der Waals surface area contributed by atoms with E-state index in [1.54, 1.807) is 0 Å². The number of nitro benzene ring substituents is 1. The minimum atomic E-state index is -0.483. The van der Waals surface area contributed by atoms with E-state index in [-0.39, 0.29) is 5.69 Å². The van der Waals surface area contributed by atoms with Crippen molar-refractivity contribution in [3.63, 3.8) is 0 Å². The van der Waals surface area contributed by atoms with Crippen LogP contribution in [0.1, 0.15) is 5.56 Å². The standard InChI is InChI=1S/C14H12N4O3/c19-15-10-14(17-16-12-4-2-1-3-5-12)11-6-8-13(9-7-11)18(20)21/h1-10,16,19H/b15-10+,17-14+. The molecule has 2 rings (SSSR count). The van der Waals surface area contributed by atoms with E-state index in [9.17, 15) is 10.1 Å². The molecule has 7 heteroatoms. The summed E-state index contributed by atoms with van der Waals surface area (Å²) in [5.41, 5.74) is 4.49. The molecule has 0 bridgehead atoms. The van der Waals surface area contributed by atoms with E-state index in [0.29, 0.717) is 11.3 Å². The first-order valence-electron chi connectivity index (χ1n) is 6.01. The van der Waals surface area contributed by atoms with Crippen molar-refractivity contribution in [2.75, 3.05) is 5.43 Å². The van der Waals surface area contributed by atoms with E-state index in [0.717, 1.165) is 11.9 Å². The zero-order valence-electron chi connectivity index (χ0n) is 10.9. The highest BCUT2D eigenvalue weighted by atomic mass is 16.6. The predicted molar refractivity (Wildman–Crippen MR) is 80.0 cm³/mol. The summed E-state index contributed by atoms with van der Waals surface area (Å²) in [5, 5.41) is 26.4. The van der Waals surface area contributed by atoms with Gasteiger partial charge in [-0.15, -0.1) is 0 Å². The van der Waals surface area contributed by atoms with Gasteiger partial charge in [-0.25, -0.2) is 0 Å². The first kappa shape index (κ1) is 14.2. The highest BCUT2D eigenvalue weighted by Gasteiger charge is 2.07. The van der Waals surface area contributed by atoms with Crippen LogP contribution in [0.2, 0.25) is 0 Å². The quantitative estimate of drug-likeness (QED) is 0.381. The number of hydrogen-bond acceptors (Lipinski definition) is 6. The fourth-order valence-corrected chi connectivity index (χ4v) is 1.61. The molecule has 21 heavy (non-hydrogen) atoms. The highest BCUT2D eigenvalue weighted by molar-refractivity contribution is 6.38. The number of rotatable bonds is 5. The lowest BCUT2D eigenvalue weighted by Gasteiger charge is -2.03. The normalized spacial score (nSPS) is 11.5. The van der Waals surface area contributed by atoms with Gasteiger partial charge in [0.2, 0.25) is 0 Å². The van der Waals surface area contributed by atoms with Crippen molar-refractivity contribution in [1.29, 1.82) is 0 Å². The van der Waals surface area contributed by atoms with E-state index in [1.165, 1.54) is 24.3 Å². The van der Waals surface area contributed by atoms with Gasteiger partial charge in [0.25, 0.3) is 5.69 Å². The summed E-state index contributed by atoms with van der Waals surface area (Å²) in [4.78, 5) is 10.1. The van der Waals surface area contributed by atoms with E-state index >= 15 is 0 Å². The fraction of sp³-hybridized carbons (Fsp3) is 0. The Hall–Kier alpha value is -3.22. The molecule has 106 valence electrons. The van der Waals surface area contributed by atoms with Gasteiger partial charge in [-0.05, 0) is 24.3 Å². The van der Waals surface area contributed by atoms with E-state index in [1.807, 2.05) is 30.3 Å². The molecule has 0 heterocycles. The molecule has 2 aromatic carbocycles. The molecule has 0 saturated heterocycles. The molecule has 2 aromatic rings. The minimum absolute atomic E-state index is 0.0185. The Morgan fingerprint density at radius 2 is 1.81 bits per heavy atom. The molecule has 0 aromatic heterocycles. The lowest BCUT2D eigenvalue weighted by molar-refractivity contribution is -0.384. The van der Waals surface area contributed by atoms with Gasteiger partial charge in [-0.3, -0.25) is 15.5 Å². The van der Waals surface area contributed by atoms with Crippen molar-refractivity contribution in [2.45, 2.75) is 0 Å². The maximum Gasteiger partial charge on any atom is 0.269 e. The molecule has 0 saturated carbocycles. The molecule has 0 amide bonds. The van der Waals surface area contributed by atoms with Crippen LogP contribution < -0.4 is 5.43 Å². The molecule has 0 radical (unpaired) electrons. The highest BCUT2D eigenvalue weighted by Crippen LogP contribution is 2.13. The molecule has 0 spiro atoms. The first-order valence-corrected chi connectivity index (χ1v) is 6.01.